The van der Waals surface area contributed by atoms with Crippen LogP contribution in [0.4, 0.5) is 0 Å². The Labute approximate surface area is 286 Å². The van der Waals surface area contributed by atoms with Gasteiger partial charge in [0.25, 0.3) is 0 Å². The number of hydrogen-bond donors (Lipinski definition) is 0. The first-order valence-electron chi connectivity index (χ1n) is 15.5. The highest BCUT2D eigenvalue weighted by atomic mass is 15.0. The molecule has 50 heavy (non-hydrogen) atoms. The number of rotatable bonds is 7. The van der Waals surface area contributed by atoms with Crippen LogP contribution in [0.1, 0.15) is 27.8 Å². The molecule has 0 N–H and O–H groups in total. The fraction of sp³-hybridized carbons (Fsp3) is 0.0526. The number of fused-ring (bicyclic) bond motifs is 3. The number of hydrogen-bond acceptors (Lipinski definition) is 10. The Hall–Kier alpha value is -7.08. The number of nitrogens with zero attached hydrogens (tertiary/aromatic N) is 12. The zero-order valence-electron chi connectivity index (χ0n) is 26.7. The molecule has 238 valence electrons. The molecule has 0 saturated carbocycles. The van der Waals surface area contributed by atoms with Crippen molar-refractivity contribution in [2.45, 2.75) is 5.41 Å². The van der Waals surface area contributed by atoms with E-state index < -0.39 is 5.41 Å². The van der Waals surface area contributed by atoms with E-state index in [1.807, 2.05) is 12.1 Å². The number of benzene rings is 4. The van der Waals surface area contributed by atoms with E-state index in [-0.39, 0.29) is 0 Å². The molecule has 12 nitrogen and oxygen atoms in total. The van der Waals surface area contributed by atoms with Crippen molar-refractivity contribution in [3.63, 3.8) is 0 Å². The summed E-state index contributed by atoms with van der Waals surface area (Å²) in [5.41, 5.74) is 8.33. The molecule has 1 aliphatic carbocycles. The number of aliphatic imine (C=N–C) groups is 3. The molecule has 12 heteroatoms. The minimum Gasteiger partial charge on any atom is -0.277 e. The second kappa shape index (κ2) is 12.8. The van der Waals surface area contributed by atoms with Crippen LogP contribution in [0, 0.1) is 0 Å². The van der Waals surface area contributed by atoms with Crippen molar-refractivity contribution in [3.8, 4) is 45.3 Å². The standard InChI is InChI=1S/C38H26N12/c1-39-17-44-34(40-2)24-11-25(35-45-18-41-19-46-35)14-28(13-24)38(32-9-5-3-7-30(32)31-8-4-6-10-33(31)38)29-15-26(36-47-20-42-21-48-36)12-27(16-29)37-49-22-43-23-50-37/h3-23H,2H2,1H3. The van der Waals surface area contributed by atoms with Gasteiger partial charge in [-0.05, 0) is 76.5 Å². The molecule has 0 fully saturated rings. The fourth-order valence-electron chi connectivity index (χ4n) is 6.71. The lowest BCUT2D eigenvalue weighted by molar-refractivity contribution is 0.768. The van der Waals surface area contributed by atoms with Crippen molar-refractivity contribution in [1.82, 2.24) is 44.9 Å². The molecule has 0 bridgehead atoms. The summed E-state index contributed by atoms with van der Waals surface area (Å²) in [4.78, 5) is 52.2. The van der Waals surface area contributed by atoms with E-state index in [0.29, 0.717) is 28.9 Å². The van der Waals surface area contributed by atoms with E-state index in [9.17, 15) is 0 Å². The normalized spacial score (nSPS) is 13.2. The van der Waals surface area contributed by atoms with E-state index in [4.69, 9.17) is 0 Å². The summed E-state index contributed by atoms with van der Waals surface area (Å²) >= 11 is 0. The molecule has 0 amide bonds. The maximum Gasteiger partial charge on any atom is 0.162 e. The molecular weight excluding hydrogens is 625 g/mol. The summed E-state index contributed by atoms with van der Waals surface area (Å²) in [6.07, 6.45) is 10.4. The third-order valence-corrected chi connectivity index (χ3v) is 8.64. The van der Waals surface area contributed by atoms with Gasteiger partial charge in [-0.1, -0.05) is 48.5 Å². The van der Waals surface area contributed by atoms with Gasteiger partial charge < -0.3 is 0 Å². The molecule has 3 heterocycles. The average molecular weight is 651 g/mol. The largest absolute Gasteiger partial charge is 0.277 e. The predicted molar refractivity (Wildman–Crippen MR) is 191 cm³/mol. The first-order chi connectivity index (χ1) is 24.7. The Balaban J connectivity index is 1.53. The first-order valence-corrected chi connectivity index (χ1v) is 15.5. The lowest BCUT2D eigenvalue weighted by Crippen LogP contribution is -2.29. The molecule has 0 radical (unpaired) electrons. The summed E-state index contributed by atoms with van der Waals surface area (Å²) in [5.74, 6) is 1.91. The highest BCUT2D eigenvalue weighted by Crippen LogP contribution is 2.57. The van der Waals surface area contributed by atoms with E-state index in [2.05, 4.69) is 139 Å². The third-order valence-electron chi connectivity index (χ3n) is 8.64. The number of aromatic nitrogens is 9. The maximum absolute atomic E-state index is 4.52. The molecule has 3 aromatic heterocycles. The van der Waals surface area contributed by atoms with Gasteiger partial charge in [0, 0.05) is 29.3 Å². The van der Waals surface area contributed by atoms with Crippen LogP contribution in [0.25, 0.3) is 45.3 Å². The van der Waals surface area contributed by atoms with E-state index in [0.717, 1.165) is 50.1 Å². The molecule has 1 aliphatic rings. The van der Waals surface area contributed by atoms with E-state index in [1.165, 1.54) is 44.3 Å². The Morgan fingerprint density at radius 1 is 0.580 bits per heavy atom. The summed E-state index contributed by atoms with van der Waals surface area (Å²) in [5, 5.41) is 0. The van der Waals surface area contributed by atoms with Gasteiger partial charge >= 0.3 is 0 Å². The van der Waals surface area contributed by atoms with Gasteiger partial charge in [0.05, 0.1) is 5.41 Å². The topological polar surface area (TPSA) is 153 Å². The molecule has 7 aromatic rings. The van der Waals surface area contributed by atoms with Gasteiger partial charge in [-0.25, -0.2) is 54.8 Å². The lowest BCUT2D eigenvalue weighted by Gasteiger charge is -2.35. The molecule has 8 rings (SSSR count). The Bertz CT molecular complexity index is 2310. The van der Waals surface area contributed by atoms with Gasteiger partial charge in [0.1, 0.15) is 44.3 Å². The molecule has 0 spiro atoms. The average Bonchev–Trinajstić information content (AvgIpc) is 3.50. The van der Waals surface area contributed by atoms with E-state index in [1.54, 1.807) is 7.05 Å². The molecule has 0 saturated heterocycles. The van der Waals surface area contributed by atoms with Gasteiger partial charge in [-0.15, -0.1) is 0 Å². The third kappa shape index (κ3) is 5.11. The van der Waals surface area contributed by atoms with Crippen LogP contribution in [0.2, 0.25) is 0 Å². The minimum atomic E-state index is -0.888. The van der Waals surface area contributed by atoms with Gasteiger partial charge in [0.15, 0.2) is 23.3 Å². The highest BCUT2D eigenvalue weighted by Gasteiger charge is 2.47. The van der Waals surface area contributed by atoms with Crippen molar-refractivity contribution in [2.75, 3.05) is 7.05 Å². The van der Waals surface area contributed by atoms with Gasteiger partial charge in [0.2, 0.25) is 0 Å². The van der Waals surface area contributed by atoms with Crippen molar-refractivity contribution in [3.05, 3.63) is 151 Å². The smallest absolute Gasteiger partial charge is 0.162 e. The van der Waals surface area contributed by atoms with Crippen molar-refractivity contribution >= 4 is 18.9 Å². The van der Waals surface area contributed by atoms with Crippen LogP contribution in [0.15, 0.2) is 138 Å². The summed E-state index contributed by atoms with van der Waals surface area (Å²) in [6, 6.07) is 29.3. The van der Waals surface area contributed by atoms with Gasteiger partial charge in [-0.3, -0.25) is 4.99 Å². The van der Waals surface area contributed by atoms with E-state index >= 15 is 0 Å². The summed E-state index contributed by atoms with van der Waals surface area (Å²) in [6.45, 7) is 3.84. The monoisotopic (exact) mass is 650 g/mol. The van der Waals surface area contributed by atoms with Crippen molar-refractivity contribution in [2.24, 2.45) is 15.0 Å². The zero-order chi connectivity index (χ0) is 33.9. The second-order valence-corrected chi connectivity index (χ2v) is 11.3. The number of amidine groups is 1. The maximum atomic E-state index is 4.52. The summed E-state index contributed by atoms with van der Waals surface area (Å²) in [7, 11) is 1.65. The zero-order valence-corrected chi connectivity index (χ0v) is 26.7. The van der Waals surface area contributed by atoms with Crippen molar-refractivity contribution < 1.29 is 0 Å². The van der Waals surface area contributed by atoms with Crippen LogP contribution in [0.3, 0.4) is 0 Å². The highest BCUT2D eigenvalue weighted by molar-refractivity contribution is 6.05. The minimum absolute atomic E-state index is 0.396. The molecule has 0 unspecified atom stereocenters. The Morgan fingerprint density at radius 2 is 1.02 bits per heavy atom. The lowest BCUT2D eigenvalue weighted by atomic mass is 9.66. The van der Waals surface area contributed by atoms with Crippen LogP contribution in [-0.2, 0) is 5.41 Å². The molecule has 0 atom stereocenters. The SMILES string of the molecule is C=NC(=NC=NC)c1cc(-c2ncncn2)cc(C2(c3cc(-c4ncncn4)cc(-c4ncncn4)c3)c3ccccc3-c3ccccc32)c1. The predicted octanol–water partition coefficient (Wildman–Crippen LogP) is 5.71. The second-order valence-electron chi connectivity index (χ2n) is 11.3. The van der Waals surface area contributed by atoms with Crippen LogP contribution in [0.5, 0.6) is 0 Å². The Kier molecular flexibility index (Phi) is 7.78. The molecule has 0 aliphatic heterocycles. The van der Waals surface area contributed by atoms with Crippen molar-refractivity contribution in [1.29, 1.82) is 0 Å². The fourth-order valence-corrected chi connectivity index (χ4v) is 6.71. The summed E-state index contributed by atoms with van der Waals surface area (Å²) < 4.78 is 0. The molecular formula is C38H26N12. The quantitative estimate of drug-likeness (QED) is 0.156. The van der Waals surface area contributed by atoms with Crippen LogP contribution in [-0.4, -0.2) is 70.8 Å². The first kappa shape index (κ1) is 30.3. The van der Waals surface area contributed by atoms with Gasteiger partial charge in [-0.2, -0.15) is 0 Å². The van der Waals surface area contributed by atoms with Crippen LogP contribution >= 0.6 is 0 Å². The molecule has 4 aromatic carbocycles. The Morgan fingerprint density at radius 3 is 1.48 bits per heavy atom. The van der Waals surface area contributed by atoms with Crippen LogP contribution < -0.4 is 0 Å².